The van der Waals surface area contributed by atoms with Crippen LogP contribution in [0.2, 0.25) is 5.02 Å². The number of benzene rings is 1. The third-order valence-corrected chi connectivity index (χ3v) is 2.95. The maximum atomic E-state index is 6.17. The first-order valence-electron chi connectivity index (χ1n) is 5.50. The topological polar surface area (TPSA) is 54.7 Å². The predicted octanol–water partition coefficient (Wildman–Crippen LogP) is 3.23. The number of rotatable bonds is 2. The van der Waals surface area contributed by atoms with Gasteiger partial charge in [0.05, 0.1) is 16.3 Å². The van der Waals surface area contributed by atoms with Crippen LogP contribution in [0.5, 0.6) is 0 Å². The van der Waals surface area contributed by atoms with E-state index in [0.717, 1.165) is 22.8 Å². The van der Waals surface area contributed by atoms with Crippen LogP contribution in [-0.4, -0.2) is 9.97 Å². The molecule has 0 bridgehead atoms. The highest BCUT2D eigenvalue weighted by atomic mass is 35.5. The SMILES string of the molecule is Cc1[nH]c(C(C)(C)N)nc1-c1ccccc1Cl. The van der Waals surface area contributed by atoms with Gasteiger partial charge in [-0.1, -0.05) is 29.8 Å². The summed E-state index contributed by atoms with van der Waals surface area (Å²) in [7, 11) is 0. The normalized spacial score (nSPS) is 11.8. The highest BCUT2D eigenvalue weighted by molar-refractivity contribution is 6.33. The number of halogens is 1. The molecule has 3 nitrogen and oxygen atoms in total. The molecule has 0 amide bonds. The standard InChI is InChI=1S/C13H16ClN3/c1-8-11(9-6-4-5-7-10(9)14)17-12(16-8)13(2,3)15/h4-7H,15H2,1-3H3,(H,16,17). The van der Waals surface area contributed by atoms with Crippen molar-refractivity contribution in [3.05, 3.63) is 40.8 Å². The van der Waals surface area contributed by atoms with Crippen LogP contribution in [0.15, 0.2) is 24.3 Å². The van der Waals surface area contributed by atoms with Crippen molar-refractivity contribution in [1.82, 2.24) is 9.97 Å². The number of nitrogens with zero attached hydrogens (tertiary/aromatic N) is 1. The molecular weight excluding hydrogens is 234 g/mol. The molecule has 0 unspecified atom stereocenters. The Kier molecular flexibility index (Phi) is 2.98. The molecule has 1 heterocycles. The van der Waals surface area contributed by atoms with E-state index in [0.29, 0.717) is 5.02 Å². The maximum absolute atomic E-state index is 6.17. The van der Waals surface area contributed by atoms with Crippen LogP contribution in [0.4, 0.5) is 0 Å². The smallest absolute Gasteiger partial charge is 0.126 e. The zero-order valence-electron chi connectivity index (χ0n) is 10.2. The first-order valence-corrected chi connectivity index (χ1v) is 5.88. The van der Waals surface area contributed by atoms with Crippen LogP contribution >= 0.6 is 11.6 Å². The van der Waals surface area contributed by atoms with E-state index in [1.807, 2.05) is 45.0 Å². The second kappa shape index (κ2) is 4.17. The molecule has 2 aromatic rings. The number of aryl methyl sites for hydroxylation is 1. The Balaban J connectivity index is 2.55. The molecule has 0 atom stereocenters. The van der Waals surface area contributed by atoms with E-state index < -0.39 is 5.54 Å². The van der Waals surface area contributed by atoms with Crippen molar-refractivity contribution in [3.63, 3.8) is 0 Å². The predicted molar refractivity (Wildman–Crippen MR) is 71.0 cm³/mol. The third-order valence-electron chi connectivity index (χ3n) is 2.62. The van der Waals surface area contributed by atoms with Crippen LogP contribution in [0.25, 0.3) is 11.3 Å². The van der Waals surface area contributed by atoms with Gasteiger partial charge < -0.3 is 10.7 Å². The molecule has 3 N–H and O–H groups in total. The van der Waals surface area contributed by atoms with Crippen molar-refractivity contribution in [3.8, 4) is 11.3 Å². The minimum atomic E-state index is -0.482. The fraction of sp³-hybridized carbons (Fsp3) is 0.308. The number of H-pyrrole nitrogens is 1. The van der Waals surface area contributed by atoms with Crippen LogP contribution in [0, 0.1) is 6.92 Å². The number of nitrogens with two attached hydrogens (primary N) is 1. The van der Waals surface area contributed by atoms with E-state index in [1.165, 1.54) is 0 Å². The van der Waals surface area contributed by atoms with Crippen molar-refractivity contribution >= 4 is 11.6 Å². The molecule has 0 aliphatic carbocycles. The Labute approximate surface area is 106 Å². The molecule has 0 fully saturated rings. The summed E-state index contributed by atoms with van der Waals surface area (Å²) < 4.78 is 0. The van der Waals surface area contributed by atoms with Crippen molar-refractivity contribution in [2.24, 2.45) is 5.73 Å². The summed E-state index contributed by atoms with van der Waals surface area (Å²) in [6, 6.07) is 7.67. The number of hydrogen-bond donors (Lipinski definition) is 2. The number of aromatic amines is 1. The van der Waals surface area contributed by atoms with Gasteiger partial charge >= 0.3 is 0 Å². The summed E-state index contributed by atoms with van der Waals surface area (Å²) >= 11 is 6.17. The van der Waals surface area contributed by atoms with Gasteiger partial charge in [-0.3, -0.25) is 0 Å². The first kappa shape index (κ1) is 12.1. The minimum Gasteiger partial charge on any atom is -0.344 e. The fourth-order valence-corrected chi connectivity index (χ4v) is 1.91. The quantitative estimate of drug-likeness (QED) is 0.859. The monoisotopic (exact) mass is 249 g/mol. The average Bonchev–Trinajstić information content (AvgIpc) is 2.61. The van der Waals surface area contributed by atoms with E-state index in [9.17, 15) is 0 Å². The van der Waals surface area contributed by atoms with Gasteiger partial charge in [-0.05, 0) is 26.8 Å². The molecule has 90 valence electrons. The average molecular weight is 250 g/mol. The molecule has 0 spiro atoms. The Morgan fingerprint density at radius 3 is 2.47 bits per heavy atom. The van der Waals surface area contributed by atoms with E-state index in [4.69, 9.17) is 17.3 Å². The lowest BCUT2D eigenvalue weighted by atomic mass is 10.1. The van der Waals surface area contributed by atoms with Crippen LogP contribution in [0.3, 0.4) is 0 Å². The van der Waals surface area contributed by atoms with Gasteiger partial charge in [-0.15, -0.1) is 0 Å². The lowest BCUT2D eigenvalue weighted by Crippen LogP contribution is -2.30. The number of imidazole rings is 1. The summed E-state index contributed by atoms with van der Waals surface area (Å²) in [6.45, 7) is 5.81. The van der Waals surface area contributed by atoms with Crippen LogP contribution in [-0.2, 0) is 5.54 Å². The summed E-state index contributed by atoms with van der Waals surface area (Å²) in [5.41, 5.74) is 8.32. The second-order valence-electron chi connectivity index (χ2n) is 4.76. The minimum absolute atomic E-state index is 0.482. The Morgan fingerprint density at radius 2 is 1.94 bits per heavy atom. The van der Waals surface area contributed by atoms with Gasteiger partial charge in [0.2, 0.25) is 0 Å². The molecule has 2 rings (SSSR count). The number of aromatic nitrogens is 2. The largest absolute Gasteiger partial charge is 0.344 e. The highest BCUT2D eigenvalue weighted by Gasteiger charge is 2.21. The number of nitrogens with one attached hydrogen (secondary N) is 1. The van der Waals surface area contributed by atoms with E-state index >= 15 is 0 Å². The Morgan fingerprint density at radius 1 is 1.29 bits per heavy atom. The van der Waals surface area contributed by atoms with Gasteiger partial charge in [0.1, 0.15) is 5.82 Å². The molecule has 0 aliphatic rings. The molecule has 0 saturated heterocycles. The molecular formula is C13H16ClN3. The summed E-state index contributed by atoms with van der Waals surface area (Å²) in [4.78, 5) is 7.76. The molecule has 1 aromatic carbocycles. The number of hydrogen-bond acceptors (Lipinski definition) is 2. The second-order valence-corrected chi connectivity index (χ2v) is 5.17. The molecule has 0 saturated carbocycles. The zero-order chi connectivity index (χ0) is 12.6. The van der Waals surface area contributed by atoms with Crippen molar-refractivity contribution in [1.29, 1.82) is 0 Å². The van der Waals surface area contributed by atoms with Crippen LogP contribution in [0.1, 0.15) is 25.4 Å². The van der Waals surface area contributed by atoms with Crippen molar-refractivity contribution in [2.45, 2.75) is 26.3 Å². The lowest BCUT2D eigenvalue weighted by Gasteiger charge is -2.14. The van der Waals surface area contributed by atoms with Gasteiger partial charge in [0.15, 0.2) is 0 Å². The van der Waals surface area contributed by atoms with E-state index in [1.54, 1.807) is 0 Å². The molecule has 17 heavy (non-hydrogen) atoms. The van der Waals surface area contributed by atoms with Gasteiger partial charge in [0.25, 0.3) is 0 Å². The summed E-state index contributed by atoms with van der Waals surface area (Å²) in [5, 5.41) is 0.698. The molecule has 0 aliphatic heterocycles. The van der Waals surface area contributed by atoms with E-state index in [-0.39, 0.29) is 0 Å². The Bertz CT molecular complexity index is 538. The molecule has 1 aromatic heterocycles. The summed E-state index contributed by atoms with van der Waals surface area (Å²) in [6.07, 6.45) is 0. The van der Waals surface area contributed by atoms with Crippen molar-refractivity contribution in [2.75, 3.05) is 0 Å². The lowest BCUT2D eigenvalue weighted by molar-refractivity contribution is 0.520. The fourth-order valence-electron chi connectivity index (χ4n) is 1.68. The van der Waals surface area contributed by atoms with Gasteiger partial charge in [-0.25, -0.2) is 4.98 Å². The van der Waals surface area contributed by atoms with Crippen molar-refractivity contribution < 1.29 is 0 Å². The third kappa shape index (κ3) is 2.35. The van der Waals surface area contributed by atoms with Gasteiger partial charge in [-0.2, -0.15) is 0 Å². The van der Waals surface area contributed by atoms with Crippen LogP contribution < -0.4 is 5.73 Å². The van der Waals surface area contributed by atoms with Gasteiger partial charge in [0, 0.05) is 11.3 Å². The maximum Gasteiger partial charge on any atom is 0.126 e. The molecule has 4 heteroatoms. The Hall–Kier alpha value is -1.32. The van der Waals surface area contributed by atoms with E-state index in [2.05, 4.69) is 9.97 Å². The summed E-state index contributed by atoms with van der Waals surface area (Å²) in [5.74, 6) is 0.768. The molecule has 0 radical (unpaired) electrons. The highest BCUT2D eigenvalue weighted by Crippen LogP contribution is 2.29. The first-order chi connectivity index (χ1) is 7.89. The zero-order valence-corrected chi connectivity index (χ0v) is 11.0.